The van der Waals surface area contributed by atoms with Gasteiger partial charge in [0.05, 0.1) is 13.2 Å². The molecule has 0 unspecified atom stereocenters. The van der Waals surface area contributed by atoms with Gasteiger partial charge in [0, 0.05) is 24.8 Å². The summed E-state index contributed by atoms with van der Waals surface area (Å²) >= 11 is 0. The van der Waals surface area contributed by atoms with E-state index in [1.54, 1.807) is 0 Å². The first kappa shape index (κ1) is 14.9. The number of anilines is 1. The van der Waals surface area contributed by atoms with Crippen LogP contribution in [0.15, 0.2) is 12.4 Å². The lowest BCUT2D eigenvalue weighted by atomic mass is 9.90. The molecule has 0 saturated carbocycles. The van der Waals surface area contributed by atoms with Gasteiger partial charge in [-0.3, -0.25) is 0 Å². The number of hydrogen-bond donors (Lipinski definition) is 2. The van der Waals surface area contributed by atoms with Gasteiger partial charge in [-0.05, 0) is 11.8 Å². The van der Waals surface area contributed by atoms with E-state index < -0.39 is 0 Å². The second-order valence-corrected chi connectivity index (χ2v) is 5.54. The van der Waals surface area contributed by atoms with Crippen LogP contribution in [0.2, 0.25) is 0 Å². The van der Waals surface area contributed by atoms with Crippen molar-refractivity contribution in [3.05, 3.63) is 18.1 Å². The summed E-state index contributed by atoms with van der Waals surface area (Å²) in [6.07, 6.45) is 2.41. The zero-order valence-electron chi connectivity index (χ0n) is 11.4. The molecule has 0 aliphatic rings. The van der Waals surface area contributed by atoms with E-state index in [9.17, 15) is 0 Å². The summed E-state index contributed by atoms with van der Waals surface area (Å²) in [6.45, 7) is 7.49. The molecule has 5 heteroatoms. The number of aromatic nitrogens is 2. The molecule has 0 radical (unpaired) electrons. The Hall–Kier alpha value is -1.20. The smallest absolute Gasteiger partial charge is 0.132 e. The highest BCUT2D eigenvalue weighted by atomic mass is 16.3. The molecule has 0 fully saturated rings. The molecule has 0 aliphatic heterocycles. The molecule has 0 spiro atoms. The first-order valence-corrected chi connectivity index (χ1v) is 6.24. The van der Waals surface area contributed by atoms with Gasteiger partial charge in [0.2, 0.25) is 0 Å². The van der Waals surface area contributed by atoms with Crippen molar-refractivity contribution < 1.29 is 10.2 Å². The van der Waals surface area contributed by atoms with Gasteiger partial charge >= 0.3 is 0 Å². The maximum absolute atomic E-state index is 9.01. The van der Waals surface area contributed by atoms with E-state index in [2.05, 4.69) is 30.7 Å². The van der Waals surface area contributed by atoms with Crippen molar-refractivity contribution in [3.8, 4) is 0 Å². The third-order valence-electron chi connectivity index (χ3n) is 2.48. The van der Waals surface area contributed by atoms with Crippen LogP contribution in [-0.4, -0.2) is 46.5 Å². The Kier molecular flexibility index (Phi) is 5.50. The van der Waals surface area contributed by atoms with Crippen LogP contribution in [0.1, 0.15) is 26.5 Å². The van der Waals surface area contributed by atoms with Crippen LogP contribution in [0.5, 0.6) is 0 Å². The predicted octanol–water partition coefficient (Wildman–Crippen LogP) is 0.856. The molecule has 18 heavy (non-hydrogen) atoms. The Morgan fingerprint density at radius 1 is 1.11 bits per heavy atom. The molecule has 0 atom stereocenters. The molecule has 1 aromatic rings. The van der Waals surface area contributed by atoms with E-state index in [0.717, 1.165) is 17.9 Å². The second kappa shape index (κ2) is 6.66. The average molecular weight is 253 g/mol. The number of aliphatic hydroxyl groups is 2. The van der Waals surface area contributed by atoms with Crippen LogP contribution in [0.4, 0.5) is 5.82 Å². The lowest BCUT2D eigenvalue weighted by molar-refractivity contribution is 0.280. The highest BCUT2D eigenvalue weighted by Gasteiger charge is 2.14. The van der Waals surface area contributed by atoms with Gasteiger partial charge in [0.25, 0.3) is 0 Å². The maximum Gasteiger partial charge on any atom is 0.132 e. The SMILES string of the molecule is CC(C)(C)Cc1cc(N(CCO)CCO)ncn1. The zero-order valence-corrected chi connectivity index (χ0v) is 11.4. The van der Waals surface area contributed by atoms with Crippen molar-refractivity contribution in [1.29, 1.82) is 0 Å². The van der Waals surface area contributed by atoms with Crippen molar-refractivity contribution in [3.63, 3.8) is 0 Å². The van der Waals surface area contributed by atoms with Crippen molar-refractivity contribution >= 4 is 5.82 Å². The summed E-state index contributed by atoms with van der Waals surface area (Å²) in [4.78, 5) is 10.3. The number of hydrogen-bond acceptors (Lipinski definition) is 5. The molecule has 102 valence electrons. The first-order chi connectivity index (χ1) is 8.46. The lowest BCUT2D eigenvalue weighted by Crippen LogP contribution is -2.30. The molecular formula is C13H23N3O2. The van der Waals surface area contributed by atoms with Gasteiger partial charge in [0.15, 0.2) is 0 Å². The minimum atomic E-state index is 0.0403. The molecule has 2 N–H and O–H groups in total. The van der Waals surface area contributed by atoms with E-state index in [1.807, 2.05) is 11.0 Å². The van der Waals surface area contributed by atoms with Crippen molar-refractivity contribution in [2.75, 3.05) is 31.2 Å². The molecule has 1 rings (SSSR count). The predicted molar refractivity (Wildman–Crippen MR) is 71.6 cm³/mol. The third-order valence-corrected chi connectivity index (χ3v) is 2.48. The minimum Gasteiger partial charge on any atom is -0.395 e. The van der Waals surface area contributed by atoms with Crippen LogP contribution < -0.4 is 4.90 Å². The van der Waals surface area contributed by atoms with Crippen LogP contribution >= 0.6 is 0 Å². The molecule has 0 aliphatic carbocycles. The quantitative estimate of drug-likeness (QED) is 0.787. The zero-order chi connectivity index (χ0) is 13.6. The van der Waals surface area contributed by atoms with E-state index >= 15 is 0 Å². The van der Waals surface area contributed by atoms with Gasteiger partial charge in [-0.2, -0.15) is 0 Å². The Morgan fingerprint density at radius 2 is 1.72 bits per heavy atom. The molecule has 1 heterocycles. The molecular weight excluding hydrogens is 230 g/mol. The maximum atomic E-state index is 9.01. The normalized spacial score (nSPS) is 11.6. The van der Waals surface area contributed by atoms with Gasteiger partial charge in [-0.15, -0.1) is 0 Å². The minimum absolute atomic E-state index is 0.0403. The average Bonchev–Trinajstić information content (AvgIpc) is 2.27. The van der Waals surface area contributed by atoms with Gasteiger partial charge in [-0.25, -0.2) is 9.97 Å². The molecule has 0 amide bonds. The first-order valence-electron chi connectivity index (χ1n) is 6.24. The number of aliphatic hydroxyl groups excluding tert-OH is 2. The summed E-state index contributed by atoms with van der Waals surface area (Å²) in [6, 6.07) is 1.93. The number of nitrogens with zero attached hydrogens (tertiary/aromatic N) is 3. The lowest BCUT2D eigenvalue weighted by Gasteiger charge is -2.23. The summed E-state index contributed by atoms with van der Waals surface area (Å²) in [5.41, 5.74) is 1.15. The fraction of sp³-hybridized carbons (Fsp3) is 0.692. The monoisotopic (exact) mass is 253 g/mol. The summed E-state index contributed by atoms with van der Waals surface area (Å²) in [7, 11) is 0. The summed E-state index contributed by atoms with van der Waals surface area (Å²) in [5, 5.41) is 18.0. The third kappa shape index (κ3) is 4.98. The highest BCUT2D eigenvalue weighted by Crippen LogP contribution is 2.21. The van der Waals surface area contributed by atoms with Crippen LogP contribution in [0.25, 0.3) is 0 Å². The van der Waals surface area contributed by atoms with Crippen molar-refractivity contribution in [2.45, 2.75) is 27.2 Å². The molecule has 0 bridgehead atoms. The molecule has 1 aromatic heterocycles. The van der Waals surface area contributed by atoms with Crippen LogP contribution in [0.3, 0.4) is 0 Å². The Bertz CT molecular complexity index is 357. The van der Waals surface area contributed by atoms with Gasteiger partial charge < -0.3 is 15.1 Å². The molecule has 5 nitrogen and oxygen atoms in total. The van der Waals surface area contributed by atoms with Crippen molar-refractivity contribution in [1.82, 2.24) is 9.97 Å². The van der Waals surface area contributed by atoms with Crippen LogP contribution in [-0.2, 0) is 6.42 Å². The Labute approximate surface area is 109 Å². The van der Waals surface area contributed by atoms with Gasteiger partial charge in [0.1, 0.15) is 12.1 Å². The van der Waals surface area contributed by atoms with Gasteiger partial charge in [-0.1, -0.05) is 20.8 Å². The van der Waals surface area contributed by atoms with Crippen LogP contribution in [0, 0.1) is 5.41 Å². The standard InChI is InChI=1S/C13H23N3O2/c1-13(2,3)9-11-8-12(15-10-14-11)16(4-6-17)5-7-18/h8,10,17-18H,4-7,9H2,1-3H3. The Balaban J connectivity index is 2.84. The number of rotatable bonds is 6. The highest BCUT2D eigenvalue weighted by molar-refractivity contribution is 5.39. The largest absolute Gasteiger partial charge is 0.395 e. The fourth-order valence-corrected chi connectivity index (χ4v) is 1.78. The summed E-state index contributed by atoms with van der Waals surface area (Å²) < 4.78 is 0. The van der Waals surface area contributed by atoms with Crippen molar-refractivity contribution in [2.24, 2.45) is 5.41 Å². The topological polar surface area (TPSA) is 69.5 Å². The fourth-order valence-electron chi connectivity index (χ4n) is 1.78. The van der Waals surface area contributed by atoms with E-state index in [-0.39, 0.29) is 18.6 Å². The van der Waals surface area contributed by atoms with E-state index in [1.165, 1.54) is 6.33 Å². The molecule has 0 aromatic carbocycles. The summed E-state index contributed by atoms with van der Waals surface area (Å²) in [5.74, 6) is 0.757. The van der Waals surface area contributed by atoms with E-state index in [4.69, 9.17) is 10.2 Å². The van der Waals surface area contributed by atoms with E-state index in [0.29, 0.717) is 13.1 Å². The molecule has 0 saturated heterocycles. The second-order valence-electron chi connectivity index (χ2n) is 5.54. The Morgan fingerprint density at radius 3 is 2.22 bits per heavy atom.